The Morgan fingerprint density at radius 2 is 1.74 bits per heavy atom. The van der Waals surface area contributed by atoms with Gasteiger partial charge in [-0.15, -0.1) is 0 Å². The van der Waals surface area contributed by atoms with Crippen molar-refractivity contribution in [3.05, 3.63) is 65.7 Å². The van der Waals surface area contributed by atoms with Crippen LogP contribution in [-0.4, -0.2) is 6.79 Å². The van der Waals surface area contributed by atoms with Crippen LogP contribution in [0.5, 0.6) is 11.5 Å². The normalized spacial score (nSPS) is 13.1. The van der Waals surface area contributed by atoms with Crippen LogP contribution in [0.4, 0.5) is 4.39 Å². The third kappa shape index (κ3) is 2.52. The molecule has 0 spiro atoms. The minimum absolute atomic E-state index is 0.231. The molecule has 0 saturated carbocycles. The van der Waals surface area contributed by atoms with Crippen molar-refractivity contribution in [1.29, 1.82) is 0 Å². The molecule has 0 amide bonds. The first kappa shape index (κ1) is 13.8. The molecule has 3 nitrogen and oxygen atoms in total. The number of pyridine rings is 1. The Hall–Kier alpha value is -2.88. The number of hydrogen-bond donors (Lipinski definition) is 0. The van der Waals surface area contributed by atoms with Gasteiger partial charge in [-0.05, 0) is 41.3 Å². The average molecular weight is 308 g/mol. The van der Waals surface area contributed by atoms with Gasteiger partial charge in [-0.3, -0.25) is 0 Å². The number of hydrogen-bond acceptors (Lipinski definition) is 2. The predicted octanol–water partition coefficient (Wildman–Crippen LogP) is 3.70. The highest BCUT2D eigenvalue weighted by Crippen LogP contribution is 2.36. The molecule has 2 aromatic carbocycles. The average Bonchev–Trinajstić information content (AvgIpc) is 3.01. The third-order valence-corrected chi connectivity index (χ3v) is 3.98. The van der Waals surface area contributed by atoms with Crippen LogP contribution in [0.1, 0.15) is 11.3 Å². The van der Waals surface area contributed by atoms with Crippen molar-refractivity contribution in [3.8, 4) is 11.5 Å². The summed E-state index contributed by atoms with van der Waals surface area (Å²) in [4.78, 5) is 0. The zero-order chi connectivity index (χ0) is 15.8. The number of rotatable bonds is 2. The Morgan fingerprint density at radius 1 is 1.00 bits per heavy atom. The molecule has 23 heavy (non-hydrogen) atoms. The fourth-order valence-corrected chi connectivity index (χ4v) is 2.74. The molecule has 0 fully saturated rings. The van der Waals surface area contributed by atoms with E-state index in [2.05, 4.69) is 0 Å². The van der Waals surface area contributed by atoms with Gasteiger partial charge < -0.3 is 9.47 Å². The third-order valence-electron chi connectivity index (χ3n) is 3.98. The van der Waals surface area contributed by atoms with E-state index in [9.17, 15) is 4.39 Å². The van der Waals surface area contributed by atoms with Crippen LogP contribution in [0, 0.1) is 5.82 Å². The predicted molar refractivity (Wildman–Crippen MR) is 86.6 cm³/mol. The maximum atomic E-state index is 13.0. The van der Waals surface area contributed by atoms with Crippen LogP contribution in [0.25, 0.3) is 22.9 Å². The largest absolute Gasteiger partial charge is 0.454 e. The van der Waals surface area contributed by atoms with E-state index in [-0.39, 0.29) is 12.6 Å². The number of benzene rings is 2. The first-order valence-corrected chi connectivity index (χ1v) is 7.36. The summed E-state index contributed by atoms with van der Waals surface area (Å²) in [5.74, 6) is 1.31. The highest BCUT2D eigenvalue weighted by Gasteiger charge is 2.18. The molecule has 1 aromatic heterocycles. The van der Waals surface area contributed by atoms with Crippen LogP contribution >= 0.6 is 0 Å². The van der Waals surface area contributed by atoms with E-state index in [1.54, 1.807) is 12.1 Å². The molecule has 0 radical (unpaired) electrons. The molecule has 0 N–H and O–H groups in total. The van der Waals surface area contributed by atoms with Crippen molar-refractivity contribution in [2.75, 3.05) is 6.79 Å². The highest BCUT2D eigenvalue weighted by atomic mass is 19.1. The van der Waals surface area contributed by atoms with Crippen molar-refractivity contribution in [2.24, 2.45) is 7.05 Å². The molecule has 3 aromatic rings. The van der Waals surface area contributed by atoms with E-state index in [1.807, 2.05) is 48.2 Å². The number of fused-ring (bicyclic) bond motifs is 2. The number of nitrogens with zero attached hydrogens (tertiary/aromatic N) is 1. The minimum Gasteiger partial charge on any atom is -0.454 e. The maximum absolute atomic E-state index is 13.0. The Morgan fingerprint density at radius 3 is 2.52 bits per heavy atom. The molecular weight excluding hydrogens is 293 g/mol. The number of ether oxygens (including phenoxy) is 2. The summed E-state index contributed by atoms with van der Waals surface area (Å²) >= 11 is 0. The fraction of sp³-hybridized carbons (Fsp3) is 0.105. The summed E-state index contributed by atoms with van der Waals surface area (Å²) in [5, 5.41) is 2.17. The molecule has 0 saturated heterocycles. The molecule has 0 aliphatic carbocycles. The van der Waals surface area contributed by atoms with Crippen LogP contribution in [0.3, 0.4) is 0 Å². The van der Waals surface area contributed by atoms with Gasteiger partial charge in [-0.2, -0.15) is 0 Å². The van der Waals surface area contributed by atoms with Crippen molar-refractivity contribution >= 4 is 22.9 Å². The molecule has 1 aliphatic heterocycles. The van der Waals surface area contributed by atoms with Gasteiger partial charge in [0.2, 0.25) is 12.5 Å². The molecule has 4 heteroatoms. The second kappa shape index (κ2) is 5.39. The quantitative estimate of drug-likeness (QED) is 0.674. The summed E-state index contributed by atoms with van der Waals surface area (Å²) in [6, 6.07) is 12.5. The summed E-state index contributed by atoms with van der Waals surface area (Å²) in [6.45, 7) is 0.262. The first-order valence-electron chi connectivity index (χ1n) is 7.36. The van der Waals surface area contributed by atoms with Gasteiger partial charge in [0.15, 0.2) is 17.7 Å². The van der Waals surface area contributed by atoms with Crippen LogP contribution in [-0.2, 0) is 7.05 Å². The van der Waals surface area contributed by atoms with Gasteiger partial charge in [0, 0.05) is 12.1 Å². The lowest BCUT2D eigenvalue weighted by atomic mass is 10.1. The van der Waals surface area contributed by atoms with E-state index in [0.29, 0.717) is 0 Å². The van der Waals surface area contributed by atoms with E-state index in [0.717, 1.165) is 33.5 Å². The summed E-state index contributed by atoms with van der Waals surface area (Å²) in [6.07, 6.45) is 6.01. The van der Waals surface area contributed by atoms with Gasteiger partial charge in [0.1, 0.15) is 12.9 Å². The Balaban J connectivity index is 1.82. The zero-order valence-corrected chi connectivity index (χ0v) is 12.6. The van der Waals surface area contributed by atoms with Gasteiger partial charge in [0.25, 0.3) is 0 Å². The van der Waals surface area contributed by atoms with Crippen molar-refractivity contribution in [1.82, 2.24) is 0 Å². The van der Waals surface area contributed by atoms with Gasteiger partial charge >= 0.3 is 0 Å². The van der Waals surface area contributed by atoms with Crippen LogP contribution in [0.2, 0.25) is 0 Å². The topological polar surface area (TPSA) is 22.3 Å². The van der Waals surface area contributed by atoms with Crippen molar-refractivity contribution < 1.29 is 18.4 Å². The molecule has 4 rings (SSSR count). The summed E-state index contributed by atoms with van der Waals surface area (Å²) in [7, 11) is 1.99. The lowest BCUT2D eigenvalue weighted by molar-refractivity contribution is -0.671. The number of aromatic nitrogens is 1. The molecule has 2 heterocycles. The second-order valence-electron chi connectivity index (χ2n) is 5.49. The smallest absolute Gasteiger partial charge is 0.231 e. The van der Waals surface area contributed by atoms with Crippen molar-refractivity contribution in [3.63, 3.8) is 0 Å². The van der Waals surface area contributed by atoms with E-state index >= 15 is 0 Å². The van der Waals surface area contributed by atoms with Gasteiger partial charge in [-0.25, -0.2) is 8.96 Å². The molecule has 1 aliphatic rings. The summed E-state index contributed by atoms with van der Waals surface area (Å²) < 4.78 is 26.0. The van der Waals surface area contributed by atoms with E-state index in [4.69, 9.17) is 9.47 Å². The zero-order valence-electron chi connectivity index (χ0n) is 12.6. The fourth-order valence-electron chi connectivity index (χ4n) is 2.74. The monoisotopic (exact) mass is 308 g/mol. The Kier molecular flexibility index (Phi) is 3.23. The standard InChI is InChI=1S/C19H15FNO2/c1-21-9-8-14-10-18-19(23-12-22-18)11-16(14)17(21)7-4-13-2-5-15(20)6-3-13/h2-11H,12H2,1H3/q+1. The van der Waals surface area contributed by atoms with Gasteiger partial charge in [0.05, 0.1) is 5.39 Å². The van der Waals surface area contributed by atoms with E-state index < -0.39 is 0 Å². The van der Waals surface area contributed by atoms with Crippen LogP contribution in [0.15, 0.2) is 48.7 Å². The lowest BCUT2D eigenvalue weighted by Gasteiger charge is -2.03. The summed E-state index contributed by atoms with van der Waals surface area (Å²) in [5.41, 5.74) is 1.99. The van der Waals surface area contributed by atoms with Crippen molar-refractivity contribution in [2.45, 2.75) is 0 Å². The highest BCUT2D eigenvalue weighted by molar-refractivity contribution is 5.92. The molecule has 0 bridgehead atoms. The minimum atomic E-state index is -0.231. The van der Waals surface area contributed by atoms with Crippen LogP contribution < -0.4 is 14.0 Å². The lowest BCUT2D eigenvalue weighted by Crippen LogP contribution is -2.31. The molecule has 0 atom stereocenters. The van der Waals surface area contributed by atoms with E-state index in [1.165, 1.54) is 12.1 Å². The maximum Gasteiger partial charge on any atom is 0.231 e. The second-order valence-corrected chi connectivity index (χ2v) is 5.49. The number of halogens is 1. The van der Waals surface area contributed by atoms with Gasteiger partial charge in [-0.1, -0.05) is 12.1 Å². The molecule has 114 valence electrons. The Labute approximate surface area is 133 Å². The molecular formula is C19H15FNO2+. The Bertz CT molecular complexity index is 917. The number of aryl methyl sites for hydroxylation is 1. The SMILES string of the molecule is C[n+]1ccc2cc3c(cc2c1C=Cc1ccc(F)cc1)OCO3. The molecule has 0 unspecified atom stereocenters. The first-order chi connectivity index (χ1) is 11.2.